The molecule has 98 valence electrons. The highest BCUT2D eigenvalue weighted by Gasteiger charge is 2.14. The van der Waals surface area contributed by atoms with Crippen LogP contribution in [0.15, 0.2) is 24.3 Å². The van der Waals surface area contributed by atoms with Crippen LogP contribution in [0.1, 0.15) is 30.4 Å². The van der Waals surface area contributed by atoms with E-state index in [1.54, 1.807) is 0 Å². The summed E-state index contributed by atoms with van der Waals surface area (Å²) in [5.41, 5.74) is 2.49. The fraction of sp³-hybridized carbons (Fsp3) is 0.533. The summed E-state index contributed by atoms with van der Waals surface area (Å²) in [5, 5.41) is 6.38. The molecule has 0 saturated carbocycles. The van der Waals surface area contributed by atoms with Crippen molar-refractivity contribution in [2.45, 2.75) is 38.6 Å². The van der Waals surface area contributed by atoms with Crippen molar-refractivity contribution in [2.24, 2.45) is 0 Å². The molecule has 0 bridgehead atoms. The Morgan fingerprint density at radius 1 is 1.39 bits per heavy atom. The van der Waals surface area contributed by atoms with E-state index in [4.69, 9.17) is 0 Å². The van der Waals surface area contributed by atoms with Gasteiger partial charge in [0, 0.05) is 19.0 Å². The van der Waals surface area contributed by atoms with Gasteiger partial charge >= 0.3 is 0 Å². The highest BCUT2D eigenvalue weighted by Crippen LogP contribution is 2.06. The Morgan fingerprint density at radius 3 is 2.83 bits per heavy atom. The average molecular weight is 246 g/mol. The van der Waals surface area contributed by atoms with Crippen LogP contribution in [0, 0.1) is 6.92 Å². The molecule has 0 spiro atoms. The number of benzene rings is 1. The van der Waals surface area contributed by atoms with E-state index in [1.807, 2.05) is 0 Å². The fourth-order valence-electron chi connectivity index (χ4n) is 2.27. The van der Waals surface area contributed by atoms with Crippen LogP contribution in [-0.4, -0.2) is 25.0 Å². The molecule has 1 aliphatic rings. The number of rotatable bonds is 5. The lowest BCUT2D eigenvalue weighted by Gasteiger charge is -2.11. The van der Waals surface area contributed by atoms with Crippen LogP contribution in [0.5, 0.6) is 0 Å². The Morgan fingerprint density at radius 2 is 2.17 bits per heavy atom. The number of hydrogen-bond acceptors (Lipinski definition) is 2. The highest BCUT2D eigenvalue weighted by molar-refractivity contribution is 5.76. The number of nitrogens with one attached hydrogen (secondary N) is 2. The van der Waals surface area contributed by atoms with Gasteiger partial charge in [-0.25, -0.2) is 0 Å². The molecule has 1 unspecified atom stereocenters. The van der Waals surface area contributed by atoms with E-state index in [1.165, 1.54) is 24.0 Å². The molecule has 18 heavy (non-hydrogen) atoms. The summed E-state index contributed by atoms with van der Waals surface area (Å²) in [5.74, 6) is 0.157. The molecule has 1 aromatic rings. The Hall–Kier alpha value is -1.35. The largest absolute Gasteiger partial charge is 0.355 e. The Balaban J connectivity index is 1.66. The molecule has 0 aromatic heterocycles. The number of carbonyl (C=O) groups is 1. The monoisotopic (exact) mass is 246 g/mol. The summed E-state index contributed by atoms with van der Waals surface area (Å²) in [6.45, 7) is 3.93. The molecule has 1 heterocycles. The van der Waals surface area contributed by atoms with Crippen molar-refractivity contribution in [3.8, 4) is 0 Å². The van der Waals surface area contributed by atoms with Gasteiger partial charge in [0.15, 0.2) is 0 Å². The number of carbonyl (C=O) groups excluding carboxylic acids is 1. The average Bonchev–Trinajstić information content (AvgIpc) is 2.89. The molecule has 1 fully saturated rings. The standard InChI is InChI=1S/C15H22N2O/c1-12-4-6-13(7-5-12)8-9-15(18)17-11-14-3-2-10-16-14/h4-7,14,16H,2-3,8-11H2,1H3,(H,17,18). The van der Waals surface area contributed by atoms with Gasteiger partial charge in [0.2, 0.25) is 5.91 Å². The molecule has 1 aromatic carbocycles. The first-order valence-electron chi connectivity index (χ1n) is 6.79. The molecular formula is C15H22N2O. The lowest BCUT2D eigenvalue weighted by molar-refractivity contribution is -0.121. The summed E-state index contributed by atoms with van der Waals surface area (Å²) in [6, 6.07) is 8.86. The minimum Gasteiger partial charge on any atom is -0.355 e. The van der Waals surface area contributed by atoms with E-state index >= 15 is 0 Å². The summed E-state index contributed by atoms with van der Waals surface area (Å²) < 4.78 is 0. The second-order valence-electron chi connectivity index (χ2n) is 5.08. The van der Waals surface area contributed by atoms with E-state index in [9.17, 15) is 4.79 Å². The van der Waals surface area contributed by atoms with Gasteiger partial charge in [-0.05, 0) is 38.3 Å². The van der Waals surface area contributed by atoms with Crippen molar-refractivity contribution in [1.82, 2.24) is 10.6 Å². The topological polar surface area (TPSA) is 41.1 Å². The molecule has 3 heteroatoms. The van der Waals surface area contributed by atoms with Gasteiger partial charge in [-0.3, -0.25) is 4.79 Å². The number of hydrogen-bond donors (Lipinski definition) is 2. The summed E-state index contributed by atoms with van der Waals surface area (Å²) in [4.78, 5) is 11.7. The SMILES string of the molecule is Cc1ccc(CCC(=O)NCC2CCCN2)cc1. The molecule has 1 saturated heterocycles. The van der Waals surface area contributed by atoms with Crippen molar-refractivity contribution < 1.29 is 4.79 Å². The van der Waals surface area contributed by atoms with Crippen molar-refractivity contribution in [2.75, 3.05) is 13.1 Å². The second-order valence-corrected chi connectivity index (χ2v) is 5.08. The van der Waals surface area contributed by atoms with E-state index in [-0.39, 0.29) is 5.91 Å². The molecule has 1 amide bonds. The van der Waals surface area contributed by atoms with Gasteiger partial charge < -0.3 is 10.6 Å². The normalized spacial score (nSPS) is 18.8. The number of amides is 1. The van der Waals surface area contributed by atoms with E-state index in [0.717, 1.165) is 19.5 Å². The summed E-state index contributed by atoms with van der Waals surface area (Å²) in [7, 11) is 0. The summed E-state index contributed by atoms with van der Waals surface area (Å²) >= 11 is 0. The van der Waals surface area contributed by atoms with Crippen LogP contribution in [-0.2, 0) is 11.2 Å². The van der Waals surface area contributed by atoms with E-state index < -0.39 is 0 Å². The predicted octanol–water partition coefficient (Wildman–Crippen LogP) is 1.80. The first kappa shape index (κ1) is 13.1. The smallest absolute Gasteiger partial charge is 0.220 e. The van der Waals surface area contributed by atoms with Gasteiger partial charge in [-0.15, -0.1) is 0 Å². The predicted molar refractivity (Wildman–Crippen MR) is 73.5 cm³/mol. The van der Waals surface area contributed by atoms with Crippen molar-refractivity contribution in [1.29, 1.82) is 0 Å². The Labute approximate surface area is 109 Å². The maximum atomic E-state index is 11.7. The maximum Gasteiger partial charge on any atom is 0.220 e. The van der Waals surface area contributed by atoms with Gasteiger partial charge in [-0.1, -0.05) is 29.8 Å². The van der Waals surface area contributed by atoms with Crippen molar-refractivity contribution in [3.63, 3.8) is 0 Å². The van der Waals surface area contributed by atoms with Crippen LogP contribution in [0.4, 0.5) is 0 Å². The van der Waals surface area contributed by atoms with Crippen LogP contribution in [0.2, 0.25) is 0 Å². The van der Waals surface area contributed by atoms with Gasteiger partial charge in [0.1, 0.15) is 0 Å². The maximum absolute atomic E-state index is 11.7. The zero-order valence-corrected chi connectivity index (χ0v) is 11.0. The van der Waals surface area contributed by atoms with Gasteiger partial charge in [0.05, 0.1) is 0 Å². The van der Waals surface area contributed by atoms with Crippen LogP contribution in [0.3, 0.4) is 0 Å². The quantitative estimate of drug-likeness (QED) is 0.831. The Kier molecular flexibility index (Phi) is 4.76. The van der Waals surface area contributed by atoms with Crippen LogP contribution in [0.25, 0.3) is 0 Å². The minimum absolute atomic E-state index is 0.157. The van der Waals surface area contributed by atoms with Crippen molar-refractivity contribution in [3.05, 3.63) is 35.4 Å². The third kappa shape index (κ3) is 4.15. The fourth-order valence-corrected chi connectivity index (χ4v) is 2.27. The molecule has 0 aliphatic carbocycles. The highest BCUT2D eigenvalue weighted by atomic mass is 16.1. The van der Waals surface area contributed by atoms with Crippen molar-refractivity contribution >= 4 is 5.91 Å². The third-order valence-electron chi connectivity index (χ3n) is 3.47. The molecule has 1 aliphatic heterocycles. The van der Waals surface area contributed by atoms with Gasteiger partial charge in [-0.2, -0.15) is 0 Å². The van der Waals surface area contributed by atoms with E-state index in [0.29, 0.717) is 12.5 Å². The first-order valence-corrected chi connectivity index (χ1v) is 6.79. The zero-order chi connectivity index (χ0) is 12.8. The molecule has 0 radical (unpaired) electrons. The van der Waals surface area contributed by atoms with Crippen LogP contribution >= 0.6 is 0 Å². The summed E-state index contributed by atoms with van der Waals surface area (Å²) in [6.07, 6.45) is 3.81. The molecule has 2 rings (SSSR count). The lowest BCUT2D eigenvalue weighted by Crippen LogP contribution is -2.37. The molecule has 1 atom stereocenters. The minimum atomic E-state index is 0.157. The molecule has 2 N–H and O–H groups in total. The number of aryl methyl sites for hydroxylation is 2. The lowest BCUT2D eigenvalue weighted by atomic mass is 10.1. The zero-order valence-electron chi connectivity index (χ0n) is 11.0. The first-order chi connectivity index (χ1) is 8.74. The van der Waals surface area contributed by atoms with Crippen LogP contribution < -0.4 is 10.6 Å². The molecular weight excluding hydrogens is 224 g/mol. The Bertz CT molecular complexity index is 380. The molecule has 3 nitrogen and oxygen atoms in total. The van der Waals surface area contributed by atoms with E-state index in [2.05, 4.69) is 41.8 Å². The second kappa shape index (κ2) is 6.55. The van der Waals surface area contributed by atoms with Gasteiger partial charge in [0.25, 0.3) is 0 Å². The third-order valence-corrected chi connectivity index (χ3v) is 3.47.